The predicted molar refractivity (Wildman–Crippen MR) is 84.7 cm³/mol. The Kier molecular flexibility index (Phi) is 4.06. The first kappa shape index (κ1) is 14.5. The monoisotopic (exact) mass is 297 g/mol. The Hall–Kier alpha value is -2.40. The first-order valence-electron chi connectivity index (χ1n) is 7.19. The van der Waals surface area contributed by atoms with E-state index in [0.29, 0.717) is 6.54 Å². The summed E-state index contributed by atoms with van der Waals surface area (Å²) >= 11 is 0. The molecular formula is C17H19N3O2. The van der Waals surface area contributed by atoms with Gasteiger partial charge in [-0.25, -0.2) is 4.98 Å². The van der Waals surface area contributed by atoms with E-state index in [4.69, 9.17) is 14.2 Å². The number of nitrogens with zero attached hydrogens (tertiary/aromatic N) is 3. The number of aromatic nitrogens is 2. The first-order chi connectivity index (χ1) is 10.7. The van der Waals surface area contributed by atoms with Gasteiger partial charge in [0.15, 0.2) is 5.76 Å². The highest BCUT2D eigenvalue weighted by atomic mass is 16.5. The molecule has 0 spiro atoms. The summed E-state index contributed by atoms with van der Waals surface area (Å²) in [4.78, 5) is 6.86. The number of hydrogen-bond donors (Lipinski definition) is 0. The van der Waals surface area contributed by atoms with Crippen molar-refractivity contribution in [1.29, 1.82) is 0 Å². The van der Waals surface area contributed by atoms with Crippen LogP contribution >= 0.6 is 0 Å². The van der Waals surface area contributed by atoms with E-state index in [1.807, 2.05) is 44.3 Å². The zero-order chi connectivity index (χ0) is 15.5. The smallest absolute Gasteiger partial charge is 0.150 e. The minimum absolute atomic E-state index is 0.701. The third kappa shape index (κ3) is 3.09. The molecule has 0 atom stereocenters. The van der Waals surface area contributed by atoms with Crippen LogP contribution in [0.4, 0.5) is 0 Å². The van der Waals surface area contributed by atoms with Crippen LogP contribution in [-0.2, 0) is 13.1 Å². The summed E-state index contributed by atoms with van der Waals surface area (Å²) in [5.74, 6) is 1.66. The topological polar surface area (TPSA) is 51.4 Å². The van der Waals surface area contributed by atoms with E-state index in [1.54, 1.807) is 7.11 Å². The number of benzene rings is 1. The fourth-order valence-corrected chi connectivity index (χ4v) is 2.50. The molecule has 0 saturated heterocycles. The fourth-order valence-electron chi connectivity index (χ4n) is 2.50. The van der Waals surface area contributed by atoms with Gasteiger partial charge >= 0.3 is 0 Å². The molecular weight excluding hydrogens is 278 g/mol. The number of hydrogen-bond acceptors (Lipinski definition) is 5. The maximum absolute atomic E-state index is 5.39. The van der Waals surface area contributed by atoms with Gasteiger partial charge in [0.2, 0.25) is 0 Å². The molecule has 0 N–H and O–H groups in total. The lowest BCUT2D eigenvalue weighted by molar-refractivity contribution is 0.264. The standard InChI is InChI=1S/C17H19N3O2/c1-12-9-15(22-19-12)11-20(2)10-14-8-7-13-5-4-6-16(21-3)17(13)18-14/h4-9H,10-11H2,1-3H3. The molecule has 0 aliphatic rings. The number of ether oxygens (including phenoxy) is 1. The molecule has 22 heavy (non-hydrogen) atoms. The van der Waals surface area contributed by atoms with Crippen LogP contribution in [0.25, 0.3) is 10.9 Å². The molecule has 0 unspecified atom stereocenters. The van der Waals surface area contributed by atoms with Crippen molar-refractivity contribution in [3.8, 4) is 5.75 Å². The zero-order valence-corrected chi connectivity index (χ0v) is 13.0. The Labute approximate surface area is 129 Å². The molecule has 2 heterocycles. The normalized spacial score (nSPS) is 11.3. The van der Waals surface area contributed by atoms with Crippen molar-refractivity contribution in [1.82, 2.24) is 15.0 Å². The molecule has 3 rings (SSSR count). The lowest BCUT2D eigenvalue weighted by Crippen LogP contribution is -2.17. The highest BCUT2D eigenvalue weighted by Crippen LogP contribution is 2.23. The van der Waals surface area contributed by atoms with E-state index in [2.05, 4.69) is 16.1 Å². The van der Waals surface area contributed by atoms with Crippen LogP contribution in [0.1, 0.15) is 17.1 Å². The van der Waals surface area contributed by atoms with Crippen molar-refractivity contribution in [2.24, 2.45) is 0 Å². The van der Waals surface area contributed by atoms with Crippen LogP contribution < -0.4 is 4.74 Å². The van der Waals surface area contributed by atoms with Crippen molar-refractivity contribution < 1.29 is 9.26 Å². The van der Waals surface area contributed by atoms with Gasteiger partial charge in [-0.1, -0.05) is 23.4 Å². The van der Waals surface area contributed by atoms with Crippen LogP contribution in [-0.4, -0.2) is 29.2 Å². The van der Waals surface area contributed by atoms with E-state index in [0.717, 1.165) is 40.3 Å². The molecule has 3 aromatic rings. The first-order valence-corrected chi connectivity index (χ1v) is 7.19. The molecule has 0 aliphatic carbocycles. The van der Waals surface area contributed by atoms with Crippen LogP contribution in [0.5, 0.6) is 5.75 Å². The van der Waals surface area contributed by atoms with Crippen LogP contribution in [0, 0.1) is 6.92 Å². The molecule has 5 nitrogen and oxygen atoms in total. The van der Waals surface area contributed by atoms with Gasteiger partial charge in [-0.05, 0) is 26.1 Å². The van der Waals surface area contributed by atoms with Crippen molar-refractivity contribution in [3.05, 3.63) is 53.5 Å². The number of rotatable bonds is 5. The van der Waals surface area contributed by atoms with Gasteiger partial charge in [0.25, 0.3) is 0 Å². The maximum atomic E-state index is 5.39. The van der Waals surface area contributed by atoms with Crippen molar-refractivity contribution in [2.75, 3.05) is 14.2 Å². The van der Waals surface area contributed by atoms with E-state index in [1.165, 1.54) is 0 Å². The third-order valence-corrected chi connectivity index (χ3v) is 3.50. The van der Waals surface area contributed by atoms with Gasteiger partial charge in [-0.2, -0.15) is 0 Å². The maximum Gasteiger partial charge on any atom is 0.150 e. The Balaban J connectivity index is 1.78. The minimum Gasteiger partial charge on any atom is -0.494 e. The van der Waals surface area contributed by atoms with Gasteiger partial charge in [-0.15, -0.1) is 0 Å². The summed E-state index contributed by atoms with van der Waals surface area (Å²) in [7, 11) is 3.70. The van der Waals surface area contributed by atoms with Gasteiger partial charge in [0, 0.05) is 18.0 Å². The van der Waals surface area contributed by atoms with Crippen LogP contribution in [0.15, 0.2) is 40.9 Å². The quantitative estimate of drug-likeness (QED) is 0.724. The number of fused-ring (bicyclic) bond motifs is 1. The molecule has 2 aromatic heterocycles. The summed E-state index contributed by atoms with van der Waals surface area (Å²) in [5.41, 5.74) is 2.79. The lowest BCUT2D eigenvalue weighted by atomic mass is 10.2. The van der Waals surface area contributed by atoms with E-state index in [-0.39, 0.29) is 0 Å². The molecule has 0 amide bonds. The Morgan fingerprint density at radius 3 is 2.77 bits per heavy atom. The average Bonchev–Trinajstić information content (AvgIpc) is 2.91. The van der Waals surface area contributed by atoms with Crippen molar-refractivity contribution in [2.45, 2.75) is 20.0 Å². The molecule has 1 aromatic carbocycles. The Bertz CT molecular complexity index is 782. The molecule has 5 heteroatoms. The molecule has 0 fully saturated rings. The number of methoxy groups -OCH3 is 1. The zero-order valence-electron chi connectivity index (χ0n) is 13.0. The minimum atomic E-state index is 0.701. The van der Waals surface area contributed by atoms with Gasteiger partial charge in [0.05, 0.1) is 25.0 Å². The highest BCUT2D eigenvalue weighted by Gasteiger charge is 2.09. The van der Waals surface area contributed by atoms with Gasteiger partial charge < -0.3 is 9.26 Å². The van der Waals surface area contributed by atoms with Gasteiger partial charge in [-0.3, -0.25) is 4.90 Å². The predicted octanol–water partition coefficient (Wildman–Crippen LogP) is 3.17. The SMILES string of the molecule is COc1cccc2ccc(CN(C)Cc3cc(C)no3)nc12. The summed E-state index contributed by atoms with van der Waals surface area (Å²) in [6.07, 6.45) is 0. The van der Waals surface area contributed by atoms with Crippen LogP contribution in [0.2, 0.25) is 0 Å². The van der Waals surface area contributed by atoms with Crippen molar-refractivity contribution >= 4 is 10.9 Å². The van der Waals surface area contributed by atoms with Gasteiger partial charge in [0.1, 0.15) is 11.3 Å². The summed E-state index contributed by atoms with van der Waals surface area (Å²) < 4.78 is 10.6. The largest absolute Gasteiger partial charge is 0.494 e. The summed E-state index contributed by atoms with van der Waals surface area (Å²) in [6, 6.07) is 12.0. The number of para-hydroxylation sites is 1. The highest BCUT2D eigenvalue weighted by molar-refractivity contribution is 5.84. The molecule has 114 valence electrons. The van der Waals surface area contributed by atoms with E-state index < -0.39 is 0 Å². The fraction of sp³-hybridized carbons (Fsp3) is 0.294. The van der Waals surface area contributed by atoms with Crippen molar-refractivity contribution in [3.63, 3.8) is 0 Å². The Morgan fingerprint density at radius 1 is 1.18 bits per heavy atom. The average molecular weight is 297 g/mol. The number of pyridine rings is 1. The molecule has 0 aliphatic heterocycles. The number of aryl methyl sites for hydroxylation is 1. The second-order valence-electron chi connectivity index (χ2n) is 5.44. The van der Waals surface area contributed by atoms with E-state index in [9.17, 15) is 0 Å². The third-order valence-electron chi connectivity index (χ3n) is 3.50. The molecule has 0 saturated carbocycles. The second kappa shape index (κ2) is 6.15. The molecule has 0 bridgehead atoms. The summed E-state index contributed by atoms with van der Waals surface area (Å²) in [6.45, 7) is 3.35. The second-order valence-corrected chi connectivity index (χ2v) is 5.44. The van der Waals surface area contributed by atoms with E-state index >= 15 is 0 Å². The van der Waals surface area contributed by atoms with Crippen LogP contribution in [0.3, 0.4) is 0 Å². The Morgan fingerprint density at radius 2 is 2.05 bits per heavy atom. The summed E-state index contributed by atoms with van der Waals surface area (Å²) in [5, 5.41) is 4.99. The molecule has 0 radical (unpaired) electrons. The lowest BCUT2D eigenvalue weighted by Gasteiger charge is -2.15.